The predicted molar refractivity (Wildman–Crippen MR) is 79.9 cm³/mol. The van der Waals surface area contributed by atoms with Crippen LogP contribution in [0.5, 0.6) is 0 Å². The molecular weight excluding hydrogens is 315 g/mol. The van der Waals surface area contributed by atoms with E-state index in [1.807, 2.05) is 6.92 Å². The van der Waals surface area contributed by atoms with Gasteiger partial charge in [-0.15, -0.1) is 11.3 Å². The number of hydrogen-bond acceptors (Lipinski definition) is 4. The van der Waals surface area contributed by atoms with Crippen LogP contribution in [0.25, 0.3) is 10.2 Å². The molecule has 3 N–H and O–H groups in total. The van der Waals surface area contributed by atoms with Gasteiger partial charge in [-0.25, -0.2) is 4.98 Å². The van der Waals surface area contributed by atoms with Gasteiger partial charge in [-0.2, -0.15) is 13.2 Å². The highest BCUT2D eigenvalue weighted by molar-refractivity contribution is 7.20. The average Bonchev–Trinajstić information content (AvgIpc) is 2.80. The molecule has 0 bridgehead atoms. The number of aryl methyl sites for hydroxylation is 1. The lowest BCUT2D eigenvalue weighted by Crippen LogP contribution is -2.31. The number of hydrogen-bond donors (Lipinski definition) is 2. The Kier molecular flexibility index (Phi) is 4.72. The number of nitrogens with one attached hydrogen (secondary N) is 1. The first-order valence-corrected chi connectivity index (χ1v) is 7.51. The summed E-state index contributed by atoms with van der Waals surface area (Å²) < 4.78 is 38.0. The van der Waals surface area contributed by atoms with Crippen molar-refractivity contribution < 1.29 is 18.0 Å². The molecule has 0 radical (unpaired) electrons. The van der Waals surface area contributed by atoms with Crippen LogP contribution in [0.3, 0.4) is 0 Å². The van der Waals surface area contributed by atoms with Crippen molar-refractivity contribution in [1.29, 1.82) is 0 Å². The fourth-order valence-electron chi connectivity index (χ4n) is 1.90. The first-order chi connectivity index (χ1) is 10.2. The summed E-state index contributed by atoms with van der Waals surface area (Å²) in [7, 11) is 0. The number of alkyl halides is 3. The topological polar surface area (TPSA) is 68.0 Å². The molecule has 1 atom stereocenters. The molecule has 2 rings (SSSR count). The van der Waals surface area contributed by atoms with E-state index >= 15 is 0 Å². The Bertz CT molecular complexity index is 696. The fourth-order valence-corrected chi connectivity index (χ4v) is 3.00. The molecule has 0 saturated carbocycles. The smallest absolute Gasteiger partial charge is 0.351 e. The Morgan fingerprint density at radius 1 is 1.45 bits per heavy atom. The zero-order valence-corrected chi connectivity index (χ0v) is 12.9. The van der Waals surface area contributed by atoms with Crippen molar-refractivity contribution in [2.24, 2.45) is 11.7 Å². The number of nitrogens with zero attached hydrogens (tertiary/aromatic N) is 1. The minimum atomic E-state index is -4.49. The van der Waals surface area contributed by atoms with E-state index in [2.05, 4.69) is 10.3 Å². The van der Waals surface area contributed by atoms with Gasteiger partial charge in [-0.3, -0.25) is 4.79 Å². The average molecular weight is 331 g/mol. The Balaban J connectivity index is 2.32. The molecule has 2 aromatic rings. The van der Waals surface area contributed by atoms with Crippen molar-refractivity contribution in [2.45, 2.75) is 20.0 Å². The molecular formula is C14H16F3N3OS. The van der Waals surface area contributed by atoms with E-state index in [9.17, 15) is 18.0 Å². The number of thiophene rings is 1. The van der Waals surface area contributed by atoms with Gasteiger partial charge < -0.3 is 11.1 Å². The summed E-state index contributed by atoms with van der Waals surface area (Å²) >= 11 is 0.967. The van der Waals surface area contributed by atoms with E-state index in [1.54, 1.807) is 6.92 Å². The zero-order chi connectivity index (χ0) is 16.5. The molecule has 0 aliphatic rings. The second kappa shape index (κ2) is 6.21. The van der Waals surface area contributed by atoms with E-state index in [0.29, 0.717) is 28.9 Å². The number of halogens is 3. The van der Waals surface area contributed by atoms with E-state index < -0.39 is 11.9 Å². The maximum absolute atomic E-state index is 12.7. The van der Waals surface area contributed by atoms with E-state index in [4.69, 9.17) is 5.73 Å². The number of carbonyl (C=O) groups is 1. The predicted octanol–water partition coefficient (Wildman–Crippen LogP) is 2.95. The van der Waals surface area contributed by atoms with Crippen LogP contribution in [0.1, 0.15) is 27.9 Å². The molecule has 2 heterocycles. The van der Waals surface area contributed by atoms with E-state index in [-0.39, 0.29) is 16.7 Å². The van der Waals surface area contributed by atoms with Gasteiger partial charge in [0.25, 0.3) is 5.91 Å². The quantitative estimate of drug-likeness (QED) is 0.905. The Morgan fingerprint density at radius 3 is 2.73 bits per heavy atom. The largest absolute Gasteiger partial charge is 0.433 e. The minimum absolute atomic E-state index is 0.133. The van der Waals surface area contributed by atoms with Crippen molar-refractivity contribution in [3.63, 3.8) is 0 Å². The Hall–Kier alpha value is -1.67. The fraction of sp³-hybridized carbons (Fsp3) is 0.429. The van der Waals surface area contributed by atoms with Crippen LogP contribution in [-0.2, 0) is 6.18 Å². The van der Waals surface area contributed by atoms with Crippen LogP contribution in [0.15, 0.2) is 12.1 Å². The second-order valence-electron chi connectivity index (χ2n) is 5.15. The van der Waals surface area contributed by atoms with Crippen molar-refractivity contribution in [1.82, 2.24) is 10.3 Å². The lowest BCUT2D eigenvalue weighted by molar-refractivity contribution is -0.140. The zero-order valence-electron chi connectivity index (χ0n) is 12.1. The maximum atomic E-state index is 12.7. The molecule has 22 heavy (non-hydrogen) atoms. The highest BCUT2D eigenvalue weighted by Crippen LogP contribution is 2.34. The van der Waals surface area contributed by atoms with Gasteiger partial charge in [-0.05, 0) is 37.1 Å². The highest BCUT2D eigenvalue weighted by atomic mass is 32.1. The second-order valence-corrected chi connectivity index (χ2v) is 6.15. The monoisotopic (exact) mass is 331 g/mol. The van der Waals surface area contributed by atoms with E-state index in [1.165, 1.54) is 6.07 Å². The van der Waals surface area contributed by atoms with Crippen LogP contribution < -0.4 is 11.1 Å². The molecule has 1 amide bonds. The van der Waals surface area contributed by atoms with Crippen molar-refractivity contribution in [2.75, 3.05) is 13.1 Å². The van der Waals surface area contributed by atoms with Crippen LogP contribution in [0, 0.1) is 12.8 Å². The van der Waals surface area contributed by atoms with Gasteiger partial charge >= 0.3 is 6.18 Å². The maximum Gasteiger partial charge on any atom is 0.433 e. The van der Waals surface area contributed by atoms with Crippen LogP contribution in [0.2, 0.25) is 0 Å². The first kappa shape index (κ1) is 16.7. The van der Waals surface area contributed by atoms with Crippen molar-refractivity contribution in [3.8, 4) is 0 Å². The molecule has 0 spiro atoms. The van der Waals surface area contributed by atoms with Gasteiger partial charge in [0.1, 0.15) is 10.5 Å². The summed E-state index contributed by atoms with van der Waals surface area (Å²) in [6.45, 7) is 4.47. The molecule has 0 saturated heterocycles. The lowest BCUT2D eigenvalue weighted by atomic mass is 10.1. The Morgan fingerprint density at radius 2 is 2.14 bits per heavy atom. The highest BCUT2D eigenvalue weighted by Gasteiger charge is 2.33. The molecule has 0 aliphatic heterocycles. The number of pyridine rings is 1. The summed E-state index contributed by atoms with van der Waals surface area (Å²) in [5, 5.41) is 3.30. The van der Waals surface area contributed by atoms with Crippen molar-refractivity contribution in [3.05, 3.63) is 28.3 Å². The van der Waals surface area contributed by atoms with Gasteiger partial charge in [-0.1, -0.05) is 6.92 Å². The summed E-state index contributed by atoms with van der Waals surface area (Å²) in [4.78, 5) is 16.4. The van der Waals surface area contributed by atoms with Gasteiger partial charge in [0.2, 0.25) is 0 Å². The normalized spacial score (nSPS) is 13.4. The van der Waals surface area contributed by atoms with Gasteiger partial charge in [0, 0.05) is 11.9 Å². The van der Waals surface area contributed by atoms with E-state index in [0.717, 1.165) is 17.4 Å². The van der Waals surface area contributed by atoms with Crippen LogP contribution >= 0.6 is 11.3 Å². The summed E-state index contributed by atoms with van der Waals surface area (Å²) in [5.41, 5.74) is 5.16. The standard InChI is InChI=1S/C14H16F3N3OS/c1-7(5-18)6-19-12(21)11-8(2)9-3-4-10(14(15,16)17)20-13(9)22-11/h3-4,7H,5-6,18H2,1-2H3,(H,19,21). The Labute approximate surface area is 129 Å². The number of rotatable bonds is 4. The molecule has 4 nitrogen and oxygen atoms in total. The SMILES string of the molecule is Cc1c(C(=O)NCC(C)CN)sc2nc(C(F)(F)F)ccc12. The molecule has 1 unspecified atom stereocenters. The summed E-state index contributed by atoms with van der Waals surface area (Å²) in [6, 6.07) is 2.29. The number of nitrogens with two attached hydrogens (primary N) is 1. The van der Waals surface area contributed by atoms with Crippen LogP contribution in [0.4, 0.5) is 13.2 Å². The number of fused-ring (bicyclic) bond motifs is 1. The number of carbonyl (C=O) groups excluding carboxylic acids is 1. The van der Waals surface area contributed by atoms with Gasteiger partial charge in [0.15, 0.2) is 0 Å². The molecule has 0 aliphatic carbocycles. The summed E-state index contributed by atoms with van der Waals surface area (Å²) in [6.07, 6.45) is -4.49. The number of amides is 1. The third-order valence-electron chi connectivity index (χ3n) is 3.31. The molecule has 120 valence electrons. The third-order valence-corrected chi connectivity index (χ3v) is 4.51. The summed E-state index contributed by atoms with van der Waals surface area (Å²) in [5.74, 6) is -0.178. The molecule has 0 aromatic carbocycles. The first-order valence-electron chi connectivity index (χ1n) is 6.69. The lowest BCUT2D eigenvalue weighted by Gasteiger charge is -2.09. The third kappa shape index (κ3) is 3.38. The van der Waals surface area contributed by atoms with Gasteiger partial charge in [0.05, 0.1) is 4.88 Å². The minimum Gasteiger partial charge on any atom is -0.351 e. The van der Waals surface area contributed by atoms with Crippen molar-refractivity contribution >= 4 is 27.5 Å². The molecule has 8 heteroatoms. The number of aromatic nitrogens is 1. The molecule has 2 aromatic heterocycles. The molecule has 0 fully saturated rings. The van der Waals surface area contributed by atoms with Crippen LogP contribution in [-0.4, -0.2) is 24.0 Å².